The van der Waals surface area contributed by atoms with Gasteiger partial charge in [-0.05, 0) is 60.4 Å². The average Bonchev–Trinajstić information content (AvgIpc) is 3.45. The van der Waals surface area contributed by atoms with Gasteiger partial charge in [-0.1, -0.05) is 118 Å². The molecule has 0 saturated heterocycles. The molecule has 0 spiro atoms. The molecule has 216 valence electrons. The van der Waals surface area contributed by atoms with E-state index < -0.39 is 0 Å². The molecule has 0 atom stereocenters. The van der Waals surface area contributed by atoms with Crippen LogP contribution in [0.5, 0.6) is 0 Å². The number of unbranched alkanes of at least 4 members (excludes halogenated alkanes) is 5. The van der Waals surface area contributed by atoms with E-state index in [4.69, 9.17) is 4.98 Å². The van der Waals surface area contributed by atoms with E-state index in [0.29, 0.717) is 5.57 Å². The summed E-state index contributed by atoms with van der Waals surface area (Å²) in [5.41, 5.74) is 6.72. The Morgan fingerprint density at radius 1 is 0.744 bits per heavy atom. The number of rotatable bonds is 11. The van der Waals surface area contributed by atoms with Gasteiger partial charge in [-0.3, -0.25) is 9.36 Å². The standard InChI is InChI=1S/C39H39N3O/c1-4-5-6-7-8-9-14-28-19-21-29(22-20-28)38-41-36-34-17-12-10-15-32(34)33-16-11-13-18-35(33)37(36)42(38)31-25-23-30(24-26-31)40-39(43)27(2)3/h10-13,15-26H,2,4-9,14H2,1,3H3,(H,40,43). The number of aryl methyl sites for hydroxylation is 1. The molecule has 5 aromatic carbocycles. The number of imidazole rings is 1. The molecule has 1 N–H and O–H groups in total. The zero-order valence-corrected chi connectivity index (χ0v) is 25.2. The smallest absolute Gasteiger partial charge is 0.250 e. The van der Waals surface area contributed by atoms with E-state index >= 15 is 0 Å². The minimum atomic E-state index is -0.181. The summed E-state index contributed by atoms with van der Waals surface area (Å²) in [6.07, 6.45) is 8.92. The Balaban J connectivity index is 1.46. The lowest BCUT2D eigenvalue weighted by molar-refractivity contribution is -0.112. The van der Waals surface area contributed by atoms with Gasteiger partial charge in [0.25, 0.3) is 5.91 Å². The lowest BCUT2D eigenvalue weighted by atomic mass is 10.00. The summed E-state index contributed by atoms with van der Waals surface area (Å²) in [5, 5.41) is 7.64. The van der Waals surface area contributed by atoms with Gasteiger partial charge in [0.15, 0.2) is 0 Å². The molecule has 0 fully saturated rings. The first-order chi connectivity index (χ1) is 21.0. The van der Waals surface area contributed by atoms with Gasteiger partial charge in [-0.25, -0.2) is 4.98 Å². The van der Waals surface area contributed by atoms with Gasteiger partial charge >= 0.3 is 0 Å². The van der Waals surface area contributed by atoms with E-state index in [1.165, 1.54) is 54.9 Å². The molecule has 0 aliphatic heterocycles. The van der Waals surface area contributed by atoms with Crippen molar-refractivity contribution in [3.63, 3.8) is 0 Å². The molecule has 4 heteroatoms. The van der Waals surface area contributed by atoms with Crippen LogP contribution in [0.25, 0.3) is 49.7 Å². The second-order valence-corrected chi connectivity index (χ2v) is 11.6. The van der Waals surface area contributed by atoms with Crippen molar-refractivity contribution in [2.45, 2.75) is 58.8 Å². The summed E-state index contributed by atoms with van der Waals surface area (Å²) >= 11 is 0. The maximum Gasteiger partial charge on any atom is 0.250 e. The SMILES string of the molecule is C=C(C)C(=O)Nc1ccc(-n2c(-c3ccc(CCCCCCCC)cc3)nc3c4ccccc4c4ccccc4c32)cc1. The molecule has 1 aromatic heterocycles. The van der Waals surface area contributed by atoms with Crippen LogP contribution in [0.4, 0.5) is 5.69 Å². The van der Waals surface area contributed by atoms with E-state index in [1.54, 1.807) is 6.92 Å². The van der Waals surface area contributed by atoms with Crippen LogP contribution in [0.1, 0.15) is 57.9 Å². The van der Waals surface area contributed by atoms with Crippen molar-refractivity contribution in [3.8, 4) is 17.1 Å². The van der Waals surface area contributed by atoms with Crippen LogP contribution in [0.15, 0.2) is 109 Å². The second kappa shape index (κ2) is 12.7. The van der Waals surface area contributed by atoms with Crippen LogP contribution in [-0.2, 0) is 11.2 Å². The lowest BCUT2D eigenvalue weighted by Gasteiger charge is -2.14. The van der Waals surface area contributed by atoms with Crippen molar-refractivity contribution in [2.75, 3.05) is 5.32 Å². The van der Waals surface area contributed by atoms with Gasteiger partial charge in [0.2, 0.25) is 0 Å². The van der Waals surface area contributed by atoms with Crippen LogP contribution >= 0.6 is 0 Å². The summed E-state index contributed by atoms with van der Waals surface area (Å²) in [5.74, 6) is 0.723. The Hall–Kier alpha value is -4.70. The highest BCUT2D eigenvalue weighted by molar-refractivity contribution is 6.24. The number of hydrogen-bond donors (Lipinski definition) is 1. The highest BCUT2D eigenvalue weighted by Crippen LogP contribution is 2.39. The maximum atomic E-state index is 12.2. The third-order valence-electron chi connectivity index (χ3n) is 8.33. The maximum absolute atomic E-state index is 12.2. The Bertz CT molecular complexity index is 1910. The number of nitrogens with one attached hydrogen (secondary N) is 1. The molecule has 0 aliphatic carbocycles. The number of carbonyl (C=O) groups is 1. The molecule has 4 nitrogen and oxygen atoms in total. The van der Waals surface area contributed by atoms with E-state index in [2.05, 4.69) is 108 Å². The predicted octanol–water partition coefficient (Wildman–Crippen LogP) is 10.4. The highest BCUT2D eigenvalue weighted by atomic mass is 16.1. The fourth-order valence-corrected chi connectivity index (χ4v) is 6.01. The molecule has 0 bridgehead atoms. The van der Waals surface area contributed by atoms with Crippen LogP contribution in [0, 0.1) is 0 Å². The van der Waals surface area contributed by atoms with E-state index in [9.17, 15) is 4.79 Å². The number of fused-ring (bicyclic) bond motifs is 6. The van der Waals surface area contributed by atoms with Gasteiger partial charge < -0.3 is 5.32 Å². The van der Waals surface area contributed by atoms with Gasteiger partial charge in [-0.2, -0.15) is 0 Å². The zero-order chi connectivity index (χ0) is 29.8. The zero-order valence-electron chi connectivity index (χ0n) is 25.2. The monoisotopic (exact) mass is 565 g/mol. The summed E-state index contributed by atoms with van der Waals surface area (Å²) in [4.78, 5) is 17.6. The van der Waals surface area contributed by atoms with Crippen molar-refractivity contribution in [2.24, 2.45) is 0 Å². The fourth-order valence-electron chi connectivity index (χ4n) is 6.01. The molecular formula is C39H39N3O. The van der Waals surface area contributed by atoms with Crippen LogP contribution < -0.4 is 5.32 Å². The van der Waals surface area contributed by atoms with Gasteiger partial charge in [0.05, 0.1) is 11.0 Å². The van der Waals surface area contributed by atoms with Gasteiger partial charge in [0.1, 0.15) is 5.82 Å². The molecule has 0 saturated carbocycles. The quantitative estimate of drug-likeness (QED) is 0.0965. The van der Waals surface area contributed by atoms with Crippen molar-refractivity contribution in [1.82, 2.24) is 9.55 Å². The molecule has 0 aliphatic rings. The fraction of sp³-hybridized carbons (Fsp3) is 0.231. The van der Waals surface area contributed by atoms with Crippen LogP contribution in [0.2, 0.25) is 0 Å². The molecule has 1 amide bonds. The number of aromatic nitrogens is 2. The molecule has 6 rings (SSSR count). The van der Waals surface area contributed by atoms with Crippen LogP contribution in [-0.4, -0.2) is 15.5 Å². The van der Waals surface area contributed by atoms with Crippen molar-refractivity contribution >= 4 is 44.2 Å². The normalized spacial score (nSPS) is 11.4. The van der Waals surface area contributed by atoms with Gasteiger partial charge in [-0.15, -0.1) is 0 Å². The Morgan fingerprint density at radius 2 is 1.35 bits per heavy atom. The number of nitrogens with zero attached hydrogens (tertiary/aromatic N) is 2. The first kappa shape index (κ1) is 28.4. The lowest BCUT2D eigenvalue weighted by Crippen LogP contribution is -2.11. The Kier molecular flexibility index (Phi) is 8.37. The highest BCUT2D eigenvalue weighted by Gasteiger charge is 2.20. The summed E-state index contributed by atoms with van der Waals surface area (Å²) in [7, 11) is 0. The van der Waals surface area contributed by atoms with Crippen molar-refractivity contribution < 1.29 is 4.79 Å². The molecule has 43 heavy (non-hydrogen) atoms. The first-order valence-electron chi connectivity index (χ1n) is 15.5. The average molecular weight is 566 g/mol. The Labute approximate surface area is 254 Å². The molecule has 1 heterocycles. The largest absolute Gasteiger partial charge is 0.322 e. The summed E-state index contributed by atoms with van der Waals surface area (Å²) < 4.78 is 2.27. The third kappa shape index (κ3) is 5.83. The second-order valence-electron chi connectivity index (χ2n) is 11.6. The van der Waals surface area contributed by atoms with E-state index in [0.717, 1.165) is 51.0 Å². The summed E-state index contributed by atoms with van der Waals surface area (Å²) in [6.45, 7) is 7.73. The first-order valence-corrected chi connectivity index (χ1v) is 15.5. The molecule has 0 radical (unpaired) electrons. The van der Waals surface area contributed by atoms with E-state index in [-0.39, 0.29) is 5.91 Å². The topological polar surface area (TPSA) is 46.9 Å². The number of amides is 1. The molecule has 6 aromatic rings. The third-order valence-corrected chi connectivity index (χ3v) is 8.33. The van der Waals surface area contributed by atoms with Crippen LogP contribution in [0.3, 0.4) is 0 Å². The number of benzene rings is 5. The van der Waals surface area contributed by atoms with E-state index in [1.807, 2.05) is 12.1 Å². The molecular weight excluding hydrogens is 526 g/mol. The van der Waals surface area contributed by atoms with Crippen molar-refractivity contribution in [3.05, 3.63) is 115 Å². The predicted molar refractivity (Wildman–Crippen MR) is 182 cm³/mol. The molecule has 0 unspecified atom stereocenters. The van der Waals surface area contributed by atoms with Crippen molar-refractivity contribution in [1.29, 1.82) is 0 Å². The van der Waals surface area contributed by atoms with Gasteiger partial charge in [0, 0.05) is 33.3 Å². The number of anilines is 1. The number of carbonyl (C=O) groups excluding carboxylic acids is 1. The summed E-state index contributed by atoms with van der Waals surface area (Å²) in [6, 6.07) is 34.1. The minimum Gasteiger partial charge on any atom is -0.322 e. The Morgan fingerprint density at radius 3 is 2.02 bits per heavy atom. The number of hydrogen-bond acceptors (Lipinski definition) is 2. The minimum absolute atomic E-state index is 0.181.